The van der Waals surface area contributed by atoms with Gasteiger partial charge >= 0.3 is 5.97 Å². The molecule has 0 heterocycles. The second-order valence-corrected chi connectivity index (χ2v) is 2.47. The lowest BCUT2D eigenvalue weighted by molar-refractivity contribution is -0.142. The van der Waals surface area contributed by atoms with E-state index in [1.165, 1.54) is 0 Å². The molecule has 13 heavy (non-hydrogen) atoms. The van der Waals surface area contributed by atoms with Gasteiger partial charge in [-0.2, -0.15) is 0 Å². The Morgan fingerprint density at radius 1 is 1.54 bits per heavy atom. The number of carboxylic acid groups (broad SMARTS) is 1. The molecule has 0 saturated heterocycles. The molecule has 1 amide bonds. The van der Waals surface area contributed by atoms with Gasteiger partial charge in [-0.3, -0.25) is 4.79 Å². The molecule has 1 atom stereocenters. The summed E-state index contributed by atoms with van der Waals surface area (Å²) in [5, 5.41) is 19.2. The zero-order chi connectivity index (χ0) is 10.3. The van der Waals surface area contributed by atoms with Crippen LogP contribution in [0.2, 0.25) is 0 Å². The second-order valence-electron chi connectivity index (χ2n) is 2.47. The Bertz CT molecular complexity index is 202. The maximum absolute atomic E-state index is 10.9. The summed E-state index contributed by atoms with van der Waals surface area (Å²) in [6, 6.07) is -1.21. The van der Waals surface area contributed by atoms with Gasteiger partial charge in [0.05, 0.1) is 6.61 Å². The number of carbonyl (C=O) groups is 2. The molecule has 0 fully saturated rings. The predicted octanol–water partition coefficient (Wildman–Crippen LogP) is -0.486. The number of carboxylic acids is 1. The van der Waals surface area contributed by atoms with Crippen molar-refractivity contribution in [3.8, 4) is 0 Å². The van der Waals surface area contributed by atoms with Gasteiger partial charge in [0, 0.05) is 6.42 Å². The van der Waals surface area contributed by atoms with Crippen LogP contribution in [-0.4, -0.2) is 34.7 Å². The van der Waals surface area contributed by atoms with E-state index < -0.39 is 24.5 Å². The van der Waals surface area contributed by atoms with Gasteiger partial charge in [-0.1, -0.05) is 6.08 Å². The minimum absolute atomic E-state index is 0.188. The summed E-state index contributed by atoms with van der Waals surface area (Å²) in [5.74, 6) is -1.64. The highest BCUT2D eigenvalue weighted by Crippen LogP contribution is 1.91. The predicted molar refractivity (Wildman–Crippen MR) is 46.1 cm³/mol. The first-order valence-corrected chi connectivity index (χ1v) is 3.85. The van der Waals surface area contributed by atoms with E-state index in [1.807, 2.05) is 0 Å². The molecule has 0 aromatic rings. The van der Waals surface area contributed by atoms with E-state index in [4.69, 9.17) is 10.2 Å². The van der Waals surface area contributed by atoms with Crippen molar-refractivity contribution in [1.82, 2.24) is 5.32 Å². The number of aliphatic carboxylic acids is 1. The van der Waals surface area contributed by atoms with Gasteiger partial charge in [-0.05, 0) is 6.42 Å². The van der Waals surface area contributed by atoms with E-state index in [0.717, 1.165) is 0 Å². The molecule has 5 nitrogen and oxygen atoms in total. The number of aliphatic hydroxyl groups is 1. The lowest BCUT2D eigenvalue weighted by atomic mass is 10.2. The molecule has 0 saturated carbocycles. The van der Waals surface area contributed by atoms with Crippen LogP contribution in [0.25, 0.3) is 0 Å². The average Bonchev–Trinajstić information content (AvgIpc) is 2.10. The fraction of sp³-hybridized carbons (Fsp3) is 0.500. The molecule has 0 spiro atoms. The number of allylic oxidation sites excluding steroid dienone is 1. The topological polar surface area (TPSA) is 86.6 Å². The number of hydrogen-bond acceptors (Lipinski definition) is 3. The van der Waals surface area contributed by atoms with Crippen LogP contribution in [0.5, 0.6) is 0 Å². The normalized spacial score (nSPS) is 11.8. The third-order valence-corrected chi connectivity index (χ3v) is 1.39. The van der Waals surface area contributed by atoms with E-state index >= 15 is 0 Å². The molecule has 0 aromatic heterocycles. The van der Waals surface area contributed by atoms with Crippen LogP contribution >= 0.6 is 0 Å². The molecule has 74 valence electrons. The standard InChI is InChI=1S/C8H13NO4/c1-2-3-4-7(11)9-6(5-10)8(12)13/h2,6,10H,1,3-5H2,(H,9,11)(H,12,13). The fourth-order valence-corrected chi connectivity index (χ4v) is 0.685. The summed E-state index contributed by atoms with van der Waals surface area (Å²) >= 11 is 0. The number of amides is 1. The molecule has 3 N–H and O–H groups in total. The maximum Gasteiger partial charge on any atom is 0.328 e. The molecular weight excluding hydrogens is 174 g/mol. The highest BCUT2D eigenvalue weighted by Gasteiger charge is 2.17. The van der Waals surface area contributed by atoms with Crippen molar-refractivity contribution in [3.05, 3.63) is 12.7 Å². The Morgan fingerprint density at radius 3 is 2.54 bits per heavy atom. The fourth-order valence-electron chi connectivity index (χ4n) is 0.685. The lowest BCUT2D eigenvalue weighted by Gasteiger charge is -2.10. The smallest absolute Gasteiger partial charge is 0.328 e. The van der Waals surface area contributed by atoms with Crippen molar-refractivity contribution in [3.63, 3.8) is 0 Å². The molecule has 5 heteroatoms. The van der Waals surface area contributed by atoms with Gasteiger partial charge in [-0.25, -0.2) is 4.79 Å². The van der Waals surface area contributed by atoms with Crippen LogP contribution in [0.15, 0.2) is 12.7 Å². The van der Waals surface area contributed by atoms with Gasteiger partial charge < -0.3 is 15.5 Å². The monoisotopic (exact) mass is 187 g/mol. The first-order valence-electron chi connectivity index (χ1n) is 3.85. The van der Waals surface area contributed by atoms with Gasteiger partial charge in [0.2, 0.25) is 5.91 Å². The molecule has 0 aromatic carbocycles. The average molecular weight is 187 g/mol. The molecule has 0 aliphatic heterocycles. The van der Waals surface area contributed by atoms with Gasteiger partial charge in [0.15, 0.2) is 0 Å². The quantitative estimate of drug-likeness (QED) is 0.490. The van der Waals surface area contributed by atoms with Crippen molar-refractivity contribution in [1.29, 1.82) is 0 Å². The van der Waals surface area contributed by atoms with Gasteiger partial charge in [-0.15, -0.1) is 6.58 Å². The number of hydrogen-bond donors (Lipinski definition) is 3. The highest BCUT2D eigenvalue weighted by atomic mass is 16.4. The highest BCUT2D eigenvalue weighted by molar-refractivity contribution is 5.83. The zero-order valence-corrected chi connectivity index (χ0v) is 7.19. The SMILES string of the molecule is C=CCCC(=O)NC(CO)C(=O)O. The number of carbonyl (C=O) groups excluding carboxylic acids is 1. The van der Waals surface area contributed by atoms with Crippen LogP contribution < -0.4 is 5.32 Å². The number of nitrogens with one attached hydrogen (secondary N) is 1. The molecule has 0 radical (unpaired) electrons. The summed E-state index contributed by atoms with van der Waals surface area (Å²) in [7, 11) is 0. The Kier molecular flexibility index (Phi) is 5.54. The van der Waals surface area contributed by atoms with Crippen LogP contribution in [0.4, 0.5) is 0 Å². The van der Waals surface area contributed by atoms with Crippen LogP contribution in [-0.2, 0) is 9.59 Å². The van der Waals surface area contributed by atoms with E-state index in [0.29, 0.717) is 6.42 Å². The minimum Gasteiger partial charge on any atom is -0.480 e. The van der Waals surface area contributed by atoms with Crippen LogP contribution in [0, 0.1) is 0 Å². The van der Waals surface area contributed by atoms with Crippen molar-refractivity contribution >= 4 is 11.9 Å². The third kappa shape index (κ3) is 4.97. The van der Waals surface area contributed by atoms with E-state index in [2.05, 4.69) is 11.9 Å². The first kappa shape index (κ1) is 11.6. The molecule has 0 aliphatic rings. The minimum atomic E-state index is -1.24. The summed E-state index contributed by atoms with van der Waals surface area (Å²) in [6.07, 6.45) is 2.24. The lowest BCUT2D eigenvalue weighted by Crippen LogP contribution is -2.43. The summed E-state index contributed by atoms with van der Waals surface area (Å²) in [4.78, 5) is 21.3. The Balaban J connectivity index is 3.86. The first-order chi connectivity index (χ1) is 6.11. The second kappa shape index (κ2) is 6.19. The third-order valence-electron chi connectivity index (χ3n) is 1.39. The molecule has 0 bridgehead atoms. The molecule has 0 rings (SSSR count). The zero-order valence-electron chi connectivity index (χ0n) is 7.19. The van der Waals surface area contributed by atoms with Crippen molar-refractivity contribution in [2.75, 3.05) is 6.61 Å². The van der Waals surface area contributed by atoms with Crippen LogP contribution in [0.1, 0.15) is 12.8 Å². The van der Waals surface area contributed by atoms with E-state index in [9.17, 15) is 9.59 Å². The molecule has 1 unspecified atom stereocenters. The summed E-state index contributed by atoms with van der Waals surface area (Å²) in [6.45, 7) is 2.82. The number of aliphatic hydroxyl groups excluding tert-OH is 1. The van der Waals surface area contributed by atoms with Gasteiger partial charge in [0.25, 0.3) is 0 Å². The molecular formula is C8H13NO4. The van der Waals surface area contributed by atoms with Crippen molar-refractivity contribution in [2.24, 2.45) is 0 Å². The Hall–Kier alpha value is -1.36. The van der Waals surface area contributed by atoms with Crippen LogP contribution in [0.3, 0.4) is 0 Å². The number of rotatable bonds is 6. The van der Waals surface area contributed by atoms with E-state index in [1.54, 1.807) is 6.08 Å². The Morgan fingerprint density at radius 2 is 2.15 bits per heavy atom. The summed E-state index contributed by atoms with van der Waals surface area (Å²) < 4.78 is 0. The largest absolute Gasteiger partial charge is 0.480 e. The summed E-state index contributed by atoms with van der Waals surface area (Å²) in [5.41, 5.74) is 0. The Labute approximate surface area is 76.1 Å². The molecule has 0 aliphatic carbocycles. The van der Waals surface area contributed by atoms with Crippen molar-refractivity contribution in [2.45, 2.75) is 18.9 Å². The van der Waals surface area contributed by atoms with Crippen molar-refractivity contribution < 1.29 is 19.8 Å². The van der Waals surface area contributed by atoms with E-state index in [-0.39, 0.29) is 6.42 Å². The van der Waals surface area contributed by atoms with Gasteiger partial charge in [0.1, 0.15) is 6.04 Å². The maximum atomic E-state index is 10.9.